The van der Waals surface area contributed by atoms with Crippen molar-refractivity contribution in [2.24, 2.45) is 11.3 Å². The molecule has 144 valence electrons. The fourth-order valence-corrected chi connectivity index (χ4v) is 5.10. The molecule has 1 aromatic rings. The van der Waals surface area contributed by atoms with Crippen molar-refractivity contribution in [1.82, 2.24) is 19.6 Å². The molecule has 1 spiro atoms. The molecule has 1 amide bonds. The van der Waals surface area contributed by atoms with E-state index in [2.05, 4.69) is 14.9 Å². The minimum absolute atomic E-state index is 0.271. The van der Waals surface area contributed by atoms with Gasteiger partial charge in [0.1, 0.15) is 0 Å². The summed E-state index contributed by atoms with van der Waals surface area (Å²) in [5.74, 6) is 0.891. The number of ether oxygens (including phenoxy) is 1. The number of carbonyl (C=O) groups excluding carboxylic acids is 1. The van der Waals surface area contributed by atoms with Gasteiger partial charge in [0.15, 0.2) is 0 Å². The zero-order valence-corrected chi connectivity index (χ0v) is 16.0. The predicted octanol–water partition coefficient (Wildman–Crippen LogP) is 2.01. The standard InChI is InChI=1S/C20H32N4O2/c1-26-15-17-14-23(18-4-2-5-18)16-20(17)7-12-22(13-8-20)19(25)6-11-24-10-3-9-21-24/h3,9-10,17-18H,2,4-8,11-16H2,1H3. The molecule has 3 heterocycles. The molecule has 0 N–H and O–H groups in total. The van der Waals surface area contributed by atoms with E-state index in [4.69, 9.17) is 4.74 Å². The quantitative estimate of drug-likeness (QED) is 0.779. The second kappa shape index (κ2) is 7.69. The van der Waals surface area contributed by atoms with Gasteiger partial charge in [-0.2, -0.15) is 5.10 Å². The van der Waals surface area contributed by atoms with Crippen molar-refractivity contribution in [1.29, 1.82) is 0 Å². The van der Waals surface area contributed by atoms with Crippen LogP contribution in [0.2, 0.25) is 0 Å². The van der Waals surface area contributed by atoms with Gasteiger partial charge >= 0.3 is 0 Å². The number of nitrogens with zero attached hydrogens (tertiary/aromatic N) is 4. The Labute approximate surface area is 156 Å². The SMILES string of the molecule is COCC1CN(C2CCC2)CC12CCN(C(=O)CCn1cccn1)CC2. The fraction of sp³-hybridized carbons (Fsp3) is 0.800. The average molecular weight is 361 g/mol. The van der Waals surface area contributed by atoms with E-state index in [-0.39, 0.29) is 5.91 Å². The summed E-state index contributed by atoms with van der Waals surface area (Å²) in [6, 6.07) is 2.71. The molecule has 2 saturated heterocycles. The number of aromatic nitrogens is 2. The van der Waals surface area contributed by atoms with Crippen LogP contribution in [0.3, 0.4) is 0 Å². The number of amides is 1. The van der Waals surface area contributed by atoms with Gasteiger partial charge in [0.05, 0.1) is 6.61 Å². The van der Waals surface area contributed by atoms with Gasteiger partial charge < -0.3 is 9.64 Å². The number of rotatable bonds is 6. The molecule has 6 nitrogen and oxygen atoms in total. The Bertz CT molecular complexity index is 591. The molecule has 0 aromatic carbocycles. The first kappa shape index (κ1) is 18.0. The number of methoxy groups -OCH3 is 1. The summed E-state index contributed by atoms with van der Waals surface area (Å²) in [7, 11) is 1.83. The van der Waals surface area contributed by atoms with Crippen LogP contribution in [0, 0.1) is 11.3 Å². The highest BCUT2D eigenvalue weighted by Gasteiger charge is 2.50. The summed E-state index contributed by atoms with van der Waals surface area (Å²) in [5, 5.41) is 4.19. The van der Waals surface area contributed by atoms with E-state index < -0.39 is 0 Å². The Morgan fingerprint density at radius 2 is 2.12 bits per heavy atom. The summed E-state index contributed by atoms with van der Waals surface area (Å²) in [6.45, 7) is 5.73. The summed E-state index contributed by atoms with van der Waals surface area (Å²) in [6.07, 6.45) is 10.6. The minimum atomic E-state index is 0.271. The van der Waals surface area contributed by atoms with Gasteiger partial charge in [0, 0.05) is 70.6 Å². The van der Waals surface area contributed by atoms with Crippen LogP contribution in [0.5, 0.6) is 0 Å². The highest BCUT2D eigenvalue weighted by Crippen LogP contribution is 2.47. The van der Waals surface area contributed by atoms with Gasteiger partial charge in [-0.05, 0) is 37.2 Å². The van der Waals surface area contributed by atoms with Crippen molar-refractivity contribution in [3.8, 4) is 0 Å². The Balaban J connectivity index is 1.32. The molecule has 0 bridgehead atoms. The molecule has 26 heavy (non-hydrogen) atoms. The smallest absolute Gasteiger partial charge is 0.224 e. The number of hydrogen-bond donors (Lipinski definition) is 0. The number of carbonyl (C=O) groups is 1. The average Bonchev–Trinajstić information content (AvgIpc) is 3.22. The third kappa shape index (κ3) is 3.54. The lowest BCUT2D eigenvalue weighted by Gasteiger charge is -2.43. The van der Waals surface area contributed by atoms with E-state index in [0.29, 0.717) is 24.3 Å². The predicted molar refractivity (Wildman–Crippen MR) is 99.7 cm³/mol. The maximum absolute atomic E-state index is 12.6. The van der Waals surface area contributed by atoms with E-state index in [1.165, 1.54) is 32.4 Å². The number of piperidine rings is 1. The van der Waals surface area contributed by atoms with E-state index in [9.17, 15) is 4.79 Å². The second-order valence-corrected chi connectivity index (χ2v) is 8.43. The molecule has 1 unspecified atom stereocenters. The van der Waals surface area contributed by atoms with Crippen molar-refractivity contribution in [2.45, 2.75) is 51.1 Å². The summed E-state index contributed by atoms with van der Waals surface area (Å²) >= 11 is 0. The van der Waals surface area contributed by atoms with E-state index in [0.717, 1.165) is 38.6 Å². The van der Waals surface area contributed by atoms with Crippen molar-refractivity contribution < 1.29 is 9.53 Å². The maximum Gasteiger partial charge on any atom is 0.224 e. The summed E-state index contributed by atoms with van der Waals surface area (Å²) in [5.41, 5.74) is 0.352. The van der Waals surface area contributed by atoms with Gasteiger partial charge in [-0.3, -0.25) is 14.4 Å². The van der Waals surface area contributed by atoms with Crippen LogP contribution < -0.4 is 0 Å². The molecule has 2 aliphatic heterocycles. The van der Waals surface area contributed by atoms with Crippen LogP contribution in [0.15, 0.2) is 18.5 Å². The largest absolute Gasteiger partial charge is 0.384 e. The third-order valence-electron chi connectivity index (χ3n) is 7.02. The minimum Gasteiger partial charge on any atom is -0.384 e. The molecule has 1 atom stereocenters. The van der Waals surface area contributed by atoms with Gasteiger partial charge in [-0.1, -0.05) is 6.42 Å². The second-order valence-electron chi connectivity index (χ2n) is 8.43. The molecule has 6 heteroatoms. The first-order chi connectivity index (χ1) is 12.7. The molecule has 3 fully saturated rings. The zero-order chi connectivity index (χ0) is 18.0. The van der Waals surface area contributed by atoms with Crippen molar-refractivity contribution in [3.63, 3.8) is 0 Å². The van der Waals surface area contributed by atoms with Crippen LogP contribution in [0.25, 0.3) is 0 Å². The van der Waals surface area contributed by atoms with E-state index in [1.807, 2.05) is 24.1 Å². The van der Waals surface area contributed by atoms with Crippen molar-refractivity contribution >= 4 is 5.91 Å². The Morgan fingerprint density at radius 1 is 1.31 bits per heavy atom. The maximum atomic E-state index is 12.6. The molecule has 4 rings (SSSR count). The van der Waals surface area contributed by atoms with Gasteiger partial charge in [-0.25, -0.2) is 0 Å². The zero-order valence-electron chi connectivity index (χ0n) is 16.0. The Kier molecular flexibility index (Phi) is 5.32. The van der Waals surface area contributed by atoms with Gasteiger partial charge in [0.2, 0.25) is 5.91 Å². The molecular weight excluding hydrogens is 328 g/mol. The number of hydrogen-bond acceptors (Lipinski definition) is 4. The highest BCUT2D eigenvalue weighted by atomic mass is 16.5. The van der Waals surface area contributed by atoms with Crippen LogP contribution in [-0.4, -0.2) is 71.4 Å². The Hall–Kier alpha value is -1.40. The lowest BCUT2D eigenvalue weighted by atomic mass is 9.71. The molecular formula is C20H32N4O2. The fourth-order valence-electron chi connectivity index (χ4n) is 5.10. The lowest BCUT2D eigenvalue weighted by Crippen LogP contribution is -2.48. The lowest BCUT2D eigenvalue weighted by molar-refractivity contribution is -0.134. The normalized spacial score (nSPS) is 26.3. The topological polar surface area (TPSA) is 50.6 Å². The van der Waals surface area contributed by atoms with Crippen molar-refractivity contribution in [2.75, 3.05) is 39.9 Å². The first-order valence-electron chi connectivity index (χ1n) is 10.2. The summed E-state index contributed by atoms with van der Waals surface area (Å²) in [4.78, 5) is 17.4. The van der Waals surface area contributed by atoms with Crippen LogP contribution >= 0.6 is 0 Å². The number of likely N-dealkylation sites (tertiary alicyclic amines) is 2. The van der Waals surface area contributed by atoms with E-state index in [1.54, 1.807) is 6.20 Å². The number of aryl methyl sites for hydroxylation is 1. The first-order valence-corrected chi connectivity index (χ1v) is 10.2. The molecule has 1 aliphatic carbocycles. The van der Waals surface area contributed by atoms with Gasteiger partial charge in [-0.15, -0.1) is 0 Å². The van der Waals surface area contributed by atoms with Crippen LogP contribution in [0.4, 0.5) is 0 Å². The Morgan fingerprint density at radius 3 is 2.73 bits per heavy atom. The summed E-state index contributed by atoms with van der Waals surface area (Å²) < 4.78 is 7.41. The molecule has 1 saturated carbocycles. The van der Waals surface area contributed by atoms with Gasteiger partial charge in [0.25, 0.3) is 0 Å². The van der Waals surface area contributed by atoms with Crippen LogP contribution in [-0.2, 0) is 16.1 Å². The highest BCUT2D eigenvalue weighted by molar-refractivity contribution is 5.76. The van der Waals surface area contributed by atoms with E-state index >= 15 is 0 Å². The molecule has 3 aliphatic rings. The molecule has 1 aromatic heterocycles. The third-order valence-corrected chi connectivity index (χ3v) is 7.02. The monoisotopic (exact) mass is 360 g/mol. The van der Waals surface area contributed by atoms with Crippen molar-refractivity contribution in [3.05, 3.63) is 18.5 Å². The van der Waals surface area contributed by atoms with Crippen LogP contribution in [0.1, 0.15) is 38.5 Å². The molecule has 0 radical (unpaired) electrons.